The minimum absolute atomic E-state index is 0.595. The third kappa shape index (κ3) is 1.26. The van der Waals surface area contributed by atoms with E-state index in [-0.39, 0.29) is 0 Å². The van der Waals surface area contributed by atoms with Crippen LogP contribution in [0.3, 0.4) is 0 Å². The molecular formula is C8H10F3N. The van der Waals surface area contributed by atoms with Gasteiger partial charge in [-0.15, -0.1) is 0 Å². The molecule has 0 aromatic heterocycles. The summed E-state index contributed by atoms with van der Waals surface area (Å²) in [6, 6.07) is 0. The first-order chi connectivity index (χ1) is 5.38. The van der Waals surface area contributed by atoms with Crippen LogP contribution in [-0.4, -0.2) is 12.4 Å². The number of allylic oxidation sites excluding steroid dienone is 1. The van der Waals surface area contributed by atoms with Crippen LogP contribution in [0.4, 0.5) is 13.2 Å². The predicted molar refractivity (Wildman–Crippen MR) is 41.0 cm³/mol. The number of alkyl halides is 3. The van der Waals surface area contributed by atoms with Crippen molar-refractivity contribution < 1.29 is 13.2 Å². The highest BCUT2D eigenvalue weighted by Gasteiger charge is 2.52. The predicted octanol–water partition coefficient (Wildman–Crippen LogP) is 2.79. The molecule has 2 atom stereocenters. The van der Waals surface area contributed by atoms with Crippen LogP contribution in [0.2, 0.25) is 0 Å². The summed E-state index contributed by atoms with van der Waals surface area (Å²) in [5.41, 5.74) is -1.76. The largest absolute Gasteiger partial charge is 0.398 e. The van der Waals surface area contributed by atoms with Gasteiger partial charge in [-0.1, -0.05) is 13.0 Å². The second-order valence-electron chi connectivity index (χ2n) is 3.18. The molecule has 0 amide bonds. The Kier molecular flexibility index (Phi) is 2.02. The van der Waals surface area contributed by atoms with Crippen molar-refractivity contribution in [3.63, 3.8) is 0 Å². The monoisotopic (exact) mass is 177 g/mol. The van der Waals surface area contributed by atoms with Crippen LogP contribution in [0.5, 0.6) is 0 Å². The van der Waals surface area contributed by atoms with E-state index in [1.54, 1.807) is 0 Å². The zero-order valence-electron chi connectivity index (χ0n) is 6.89. The molecule has 12 heavy (non-hydrogen) atoms. The Bertz CT molecular complexity index is 229. The lowest BCUT2D eigenvalue weighted by Crippen LogP contribution is -2.40. The van der Waals surface area contributed by atoms with Gasteiger partial charge in [0.2, 0.25) is 0 Å². The van der Waals surface area contributed by atoms with Crippen molar-refractivity contribution in [2.75, 3.05) is 0 Å². The molecule has 2 unspecified atom stereocenters. The number of hydrogen-bond acceptors (Lipinski definition) is 1. The Hall–Kier alpha value is -0.800. The molecule has 0 bridgehead atoms. The fraction of sp³-hybridized carbons (Fsp3) is 0.625. The van der Waals surface area contributed by atoms with Crippen LogP contribution in [0.1, 0.15) is 13.8 Å². The zero-order chi connectivity index (χ0) is 9.41. The van der Waals surface area contributed by atoms with E-state index in [1.165, 1.54) is 26.3 Å². The summed E-state index contributed by atoms with van der Waals surface area (Å²) in [4.78, 5) is 3.66. The van der Waals surface area contributed by atoms with Crippen LogP contribution < -0.4 is 0 Å². The smallest absolute Gasteiger partial charge is 0.269 e. The molecule has 4 heteroatoms. The molecule has 0 saturated heterocycles. The second kappa shape index (κ2) is 2.61. The summed E-state index contributed by atoms with van der Waals surface area (Å²) < 4.78 is 37.4. The minimum atomic E-state index is -4.20. The summed E-state index contributed by atoms with van der Waals surface area (Å²) in [6.07, 6.45) is -0.562. The highest BCUT2D eigenvalue weighted by molar-refractivity contribution is 5.64. The quantitative estimate of drug-likeness (QED) is 0.539. The summed E-state index contributed by atoms with van der Waals surface area (Å²) >= 11 is 0. The molecule has 1 aliphatic rings. The lowest BCUT2D eigenvalue weighted by Gasteiger charge is -2.33. The van der Waals surface area contributed by atoms with Crippen molar-refractivity contribution in [2.24, 2.45) is 16.3 Å². The normalized spacial score (nSPS) is 35.6. The van der Waals surface area contributed by atoms with Crippen molar-refractivity contribution in [3.8, 4) is 0 Å². The highest BCUT2D eigenvalue weighted by Crippen LogP contribution is 2.45. The van der Waals surface area contributed by atoms with Gasteiger partial charge in [0.25, 0.3) is 0 Å². The first kappa shape index (κ1) is 9.29. The van der Waals surface area contributed by atoms with E-state index < -0.39 is 17.5 Å². The molecule has 68 valence electrons. The molecule has 1 nitrogen and oxygen atoms in total. The molecule has 0 spiro atoms. The van der Waals surface area contributed by atoms with Crippen LogP contribution in [0.15, 0.2) is 17.3 Å². The number of nitrogens with zero attached hydrogens (tertiary/aromatic N) is 1. The summed E-state index contributed by atoms with van der Waals surface area (Å²) in [5, 5.41) is 0. The number of aliphatic imine (C=N–C) groups is 1. The van der Waals surface area contributed by atoms with Gasteiger partial charge in [0.15, 0.2) is 0 Å². The topological polar surface area (TPSA) is 12.4 Å². The van der Waals surface area contributed by atoms with Gasteiger partial charge in [-0.25, -0.2) is 0 Å². The van der Waals surface area contributed by atoms with Gasteiger partial charge in [-0.3, -0.25) is 4.99 Å². The Balaban J connectivity index is 2.99. The van der Waals surface area contributed by atoms with E-state index in [0.717, 1.165) is 6.08 Å². The van der Waals surface area contributed by atoms with Crippen molar-refractivity contribution >= 4 is 6.21 Å². The Labute approximate surface area is 69.0 Å². The third-order valence-corrected chi connectivity index (χ3v) is 2.37. The van der Waals surface area contributed by atoms with Crippen molar-refractivity contribution in [2.45, 2.75) is 20.0 Å². The average Bonchev–Trinajstić information content (AvgIpc) is 1.93. The fourth-order valence-electron chi connectivity index (χ4n) is 1.04. The third-order valence-electron chi connectivity index (χ3n) is 2.37. The number of rotatable bonds is 0. The van der Waals surface area contributed by atoms with E-state index in [1.807, 2.05) is 0 Å². The molecular weight excluding hydrogens is 167 g/mol. The second-order valence-corrected chi connectivity index (χ2v) is 3.18. The maximum absolute atomic E-state index is 12.5. The van der Waals surface area contributed by atoms with Gasteiger partial charge in [0.05, 0.1) is 5.41 Å². The van der Waals surface area contributed by atoms with Gasteiger partial charge < -0.3 is 0 Å². The van der Waals surface area contributed by atoms with E-state index in [9.17, 15) is 13.2 Å². The average molecular weight is 177 g/mol. The molecule has 0 radical (unpaired) electrons. The maximum atomic E-state index is 12.5. The van der Waals surface area contributed by atoms with Crippen LogP contribution >= 0.6 is 0 Å². The highest BCUT2D eigenvalue weighted by atomic mass is 19.4. The van der Waals surface area contributed by atoms with Crippen molar-refractivity contribution in [1.29, 1.82) is 0 Å². The van der Waals surface area contributed by atoms with Crippen molar-refractivity contribution in [1.82, 2.24) is 0 Å². The van der Waals surface area contributed by atoms with E-state index in [0.29, 0.717) is 0 Å². The molecule has 0 aromatic rings. The molecule has 0 fully saturated rings. The van der Waals surface area contributed by atoms with Gasteiger partial charge >= 0.3 is 6.18 Å². The Morgan fingerprint density at radius 1 is 1.42 bits per heavy atom. The van der Waals surface area contributed by atoms with Gasteiger partial charge in [0, 0.05) is 18.3 Å². The number of hydrogen-bond donors (Lipinski definition) is 0. The van der Waals surface area contributed by atoms with Crippen LogP contribution in [0.25, 0.3) is 0 Å². The lowest BCUT2D eigenvalue weighted by molar-refractivity contribution is -0.208. The van der Waals surface area contributed by atoms with Gasteiger partial charge in [0.1, 0.15) is 0 Å². The first-order valence-corrected chi connectivity index (χ1v) is 3.65. The Morgan fingerprint density at radius 3 is 2.33 bits per heavy atom. The molecule has 1 rings (SSSR count). The first-order valence-electron chi connectivity index (χ1n) is 3.65. The van der Waals surface area contributed by atoms with Crippen LogP contribution in [0, 0.1) is 11.3 Å². The lowest BCUT2D eigenvalue weighted by atomic mass is 9.77. The SMILES string of the molecule is CC1C=NC=CC1(C)C(F)(F)F. The molecule has 1 aliphatic heterocycles. The molecule has 0 saturated carbocycles. The summed E-state index contributed by atoms with van der Waals surface area (Å²) in [7, 11) is 0. The van der Waals surface area contributed by atoms with Gasteiger partial charge in [-0.2, -0.15) is 13.2 Å². The molecule has 0 aromatic carbocycles. The van der Waals surface area contributed by atoms with Crippen molar-refractivity contribution in [3.05, 3.63) is 12.3 Å². The number of halogens is 3. The summed E-state index contributed by atoms with van der Waals surface area (Å²) in [6.45, 7) is 2.69. The molecule has 0 aliphatic carbocycles. The Morgan fingerprint density at radius 2 is 2.00 bits per heavy atom. The van der Waals surface area contributed by atoms with E-state index >= 15 is 0 Å². The van der Waals surface area contributed by atoms with E-state index in [4.69, 9.17) is 0 Å². The molecule has 0 N–H and O–H groups in total. The standard InChI is InChI=1S/C8H10F3N/c1-6-5-12-4-3-7(6,2)8(9,10)11/h3-6H,1-2H3. The molecule has 1 heterocycles. The minimum Gasteiger partial charge on any atom is -0.269 e. The van der Waals surface area contributed by atoms with E-state index in [2.05, 4.69) is 4.99 Å². The summed E-state index contributed by atoms with van der Waals surface area (Å²) in [5.74, 6) is -0.595. The zero-order valence-corrected chi connectivity index (χ0v) is 6.89. The fourth-order valence-corrected chi connectivity index (χ4v) is 1.04. The van der Waals surface area contributed by atoms with Gasteiger partial charge in [-0.05, 0) is 6.92 Å². The maximum Gasteiger partial charge on any atom is 0.398 e. The van der Waals surface area contributed by atoms with Crippen LogP contribution in [-0.2, 0) is 0 Å².